The molecule has 7 unspecified atom stereocenters. The number of allylic oxidation sites excluding steroid dienone is 2. The first-order valence-electron chi connectivity index (χ1n) is 11.8. The van der Waals surface area contributed by atoms with Gasteiger partial charge in [0.25, 0.3) is 0 Å². The Bertz CT molecular complexity index is 749. The quantitative estimate of drug-likeness (QED) is 0.524. The number of carboxylic acids is 1. The molecule has 0 amide bonds. The van der Waals surface area contributed by atoms with Crippen molar-refractivity contribution in [2.24, 2.45) is 44.8 Å². The second kappa shape index (κ2) is 6.11. The van der Waals surface area contributed by atoms with Gasteiger partial charge in [0.1, 0.15) is 0 Å². The molecule has 0 aromatic heterocycles. The van der Waals surface area contributed by atoms with E-state index in [2.05, 4.69) is 54.5 Å². The summed E-state index contributed by atoms with van der Waals surface area (Å²) in [6.45, 7) is 16.4. The molecule has 2 N–H and O–H groups in total. The van der Waals surface area contributed by atoms with Crippen LogP contribution >= 0.6 is 0 Å². The molecule has 0 spiro atoms. The number of aliphatic hydroxyl groups excluding tert-OH is 1. The fraction of sp³-hybridized carbons (Fsp3) is 0.885. The number of carboxylic acid groups (broad SMARTS) is 1. The molecule has 0 saturated heterocycles. The average molecular weight is 403 g/mol. The molecule has 29 heavy (non-hydrogen) atoms. The van der Waals surface area contributed by atoms with Crippen molar-refractivity contribution in [1.29, 1.82) is 0 Å². The van der Waals surface area contributed by atoms with Gasteiger partial charge < -0.3 is 10.2 Å². The van der Waals surface area contributed by atoms with Gasteiger partial charge in [0.2, 0.25) is 0 Å². The van der Waals surface area contributed by atoms with E-state index in [1.807, 2.05) is 0 Å². The Labute approximate surface area is 177 Å². The van der Waals surface area contributed by atoms with Crippen molar-refractivity contribution in [3.8, 4) is 0 Å². The summed E-state index contributed by atoms with van der Waals surface area (Å²) in [5.74, 6) is 0.242. The minimum absolute atomic E-state index is 0.0283. The molecule has 4 rings (SSSR count). The van der Waals surface area contributed by atoms with Gasteiger partial charge in [-0.3, -0.25) is 4.79 Å². The van der Waals surface area contributed by atoms with E-state index in [4.69, 9.17) is 0 Å². The van der Waals surface area contributed by atoms with Gasteiger partial charge in [-0.2, -0.15) is 0 Å². The smallest absolute Gasteiger partial charge is 0.307 e. The van der Waals surface area contributed by atoms with Gasteiger partial charge >= 0.3 is 5.97 Å². The van der Waals surface area contributed by atoms with E-state index in [0.717, 1.165) is 32.1 Å². The summed E-state index contributed by atoms with van der Waals surface area (Å²) in [6, 6.07) is 0. The Morgan fingerprint density at radius 1 is 0.931 bits per heavy atom. The summed E-state index contributed by atoms with van der Waals surface area (Å²) in [5.41, 5.74) is 1.61. The second-order valence-electron chi connectivity index (χ2n) is 12.8. The number of carbonyl (C=O) groups is 1. The number of rotatable bonds is 1. The highest BCUT2D eigenvalue weighted by atomic mass is 16.4. The van der Waals surface area contributed by atoms with Gasteiger partial charge in [-0.15, -0.1) is 0 Å². The maximum atomic E-state index is 12.0. The van der Waals surface area contributed by atoms with Crippen LogP contribution < -0.4 is 0 Å². The largest absolute Gasteiger partial charge is 0.481 e. The first kappa shape index (κ1) is 21.4. The lowest BCUT2D eigenvalue weighted by atomic mass is 9.34. The maximum absolute atomic E-state index is 12.0. The first-order valence-corrected chi connectivity index (χ1v) is 11.8. The zero-order valence-corrected chi connectivity index (χ0v) is 19.6. The molecule has 7 atom stereocenters. The number of hydrogen-bond donors (Lipinski definition) is 2. The molecule has 164 valence electrons. The van der Waals surface area contributed by atoms with Gasteiger partial charge in [-0.1, -0.05) is 60.1 Å². The third kappa shape index (κ3) is 2.49. The predicted molar refractivity (Wildman–Crippen MR) is 116 cm³/mol. The zero-order valence-electron chi connectivity index (χ0n) is 19.6. The van der Waals surface area contributed by atoms with E-state index in [9.17, 15) is 15.0 Å². The summed E-state index contributed by atoms with van der Waals surface area (Å²) >= 11 is 0. The summed E-state index contributed by atoms with van der Waals surface area (Å²) in [7, 11) is 0. The Morgan fingerprint density at radius 3 is 2.21 bits per heavy atom. The fourth-order valence-corrected chi connectivity index (χ4v) is 9.31. The molecule has 3 fully saturated rings. The molecule has 0 radical (unpaired) electrons. The predicted octanol–water partition coefficient (Wildman–Crippen LogP) is 6.06. The highest BCUT2D eigenvalue weighted by molar-refractivity contribution is 5.72. The van der Waals surface area contributed by atoms with Crippen LogP contribution in [-0.2, 0) is 4.79 Å². The fourth-order valence-electron chi connectivity index (χ4n) is 9.31. The van der Waals surface area contributed by atoms with Crippen LogP contribution in [0.15, 0.2) is 11.6 Å². The average Bonchev–Trinajstić information content (AvgIpc) is 2.59. The Hall–Kier alpha value is -0.830. The molecular weight excluding hydrogens is 360 g/mol. The van der Waals surface area contributed by atoms with E-state index in [0.29, 0.717) is 11.8 Å². The molecule has 3 heteroatoms. The van der Waals surface area contributed by atoms with Crippen molar-refractivity contribution in [3.63, 3.8) is 0 Å². The molecular formula is C26H42O3. The molecule has 4 aliphatic rings. The number of fused-ring (bicyclic) bond motifs is 5. The lowest BCUT2D eigenvalue weighted by molar-refractivity contribution is -0.202. The molecule has 0 aromatic rings. The zero-order chi connectivity index (χ0) is 21.6. The molecule has 4 aliphatic carbocycles. The van der Waals surface area contributed by atoms with E-state index in [1.165, 1.54) is 18.4 Å². The van der Waals surface area contributed by atoms with Crippen LogP contribution in [0.1, 0.15) is 93.4 Å². The highest BCUT2D eigenvalue weighted by Gasteiger charge is 2.67. The molecule has 0 aliphatic heterocycles. The van der Waals surface area contributed by atoms with Crippen LogP contribution in [0.4, 0.5) is 0 Å². The molecule has 3 saturated carbocycles. The summed E-state index contributed by atoms with van der Waals surface area (Å²) in [4.78, 5) is 12.0. The Kier molecular flexibility index (Phi) is 4.51. The van der Waals surface area contributed by atoms with Crippen LogP contribution in [0.3, 0.4) is 0 Å². The van der Waals surface area contributed by atoms with Crippen molar-refractivity contribution in [2.45, 2.75) is 99.5 Å². The lowest BCUT2D eigenvalue weighted by Crippen LogP contribution is -2.64. The van der Waals surface area contributed by atoms with Gasteiger partial charge in [0, 0.05) is 0 Å². The van der Waals surface area contributed by atoms with Crippen molar-refractivity contribution < 1.29 is 15.0 Å². The van der Waals surface area contributed by atoms with E-state index in [1.54, 1.807) is 0 Å². The molecule has 3 nitrogen and oxygen atoms in total. The number of aliphatic carboxylic acids is 1. The Balaban J connectivity index is 1.80. The normalized spacial score (nSPS) is 50.6. The van der Waals surface area contributed by atoms with Crippen molar-refractivity contribution in [2.75, 3.05) is 0 Å². The van der Waals surface area contributed by atoms with Crippen LogP contribution in [0, 0.1) is 44.8 Å². The first-order chi connectivity index (χ1) is 13.2. The molecule has 0 aromatic carbocycles. The maximum Gasteiger partial charge on any atom is 0.307 e. The topological polar surface area (TPSA) is 57.5 Å². The van der Waals surface area contributed by atoms with E-state index < -0.39 is 5.97 Å². The number of aliphatic hydroxyl groups is 1. The van der Waals surface area contributed by atoms with Crippen LogP contribution in [0.5, 0.6) is 0 Å². The van der Waals surface area contributed by atoms with Gasteiger partial charge in [0.05, 0.1) is 12.0 Å². The monoisotopic (exact) mass is 402 g/mol. The Morgan fingerprint density at radius 2 is 1.59 bits per heavy atom. The van der Waals surface area contributed by atoms with Crippen molar-refractivity contribution >= 4 is 5.97 Å². The SMILES string of the molecule is CC1(C)C2=CCC3C4(C)CCC(O)C(C)(C)C4CCC3(C)C2(C)CCC1C(=O)O. The van der Waals surface area contributed by atoms with Gasteiger partial charge in [-0.05, 0) is 83.9 Å². The summed E-state index contributed by atoms with van der Waals surface area (Å²) in [5, 5.41) is 20.6. The molecule has 0 heterocycles. The minimum atomic E-state index is -0.635. The van der Waals surface area contributed by atoms with E-state index in [-0.39, 0.29) is 39.1 Å². The van der Waals surface area contributed by atoms with Crippen molar-refractivity contribution in [3.05, 3.63) is 11.6 Å². The number of hydrogen-bond acceptors (Lipinski definition) is 2. The minimum Gasteiger partial charge on any atom is -0.481 e. The van der Waals surface area contributed by atoms with Gasteiger partial charge in [0.15, 0.2) is 0 Å². The van der Waals surface area contributed by atoms with E-state index >= 15 is 0 Å². The third-order valence-electron chi connectivity index (χ3n) is 11.2. The van der Waals surface area contributed by atoms with Gasteiger partial charge in [-0.25, -0.2) is 0 Å². The highest BCUT2D eigenvalue weighted by Crippen LogP contribution is 2.74. The summed E-state index contributed by atoms with van der Waals surface area (Å²) < 4.78 is 0. The molecule has 0 bridgehead atoms. The third-order valence-corrected chi connectivity index (χ3v) is 11.2. The van der Waals surface area contributed by atoms with Crippen molar-refractivity contribution in [1.82, 2.24) is 0 Å². The van der Waals surface area contributed by atoms with Crippen LogP contribution in [-0.4, -0.2) is 22.3 Å². The summed E-state index contributed by atoms with van der Waals surface area (Å²) in [6.07, 6.45) is 9.50. The van der Waals surface area contributed by atoms with Crippen LogP contribution in [0.2, 0.25) is 0 Å². The van der Waals surface area contributed by atoms with Crippen LogP contribution in [0.25, 0.3) is 0 Å². The lowest BCUT2D eigenvalue weighted by Gasteiger charge is -2.70. The standard InChI is InChI=1S/C26H42O3/c1-22(2)16(21(28)29)10-14-25(6)18(22)8-9-19-24(5)13-12-20(27)23(3,4)17(24)11-15-26(19,25)7/h8,16-17,19-20,27H,9-15H2,1-7H3,(H,28,29). The second-order valence-corrected chi connectivity index (χ2v) is 12.8.